The Morgan fingerprint density at radius 3 is 2.87 bits per heavy atom. The zero-order valence-corrected chi connectivity index (χ0v) is 10.8. The van der Waals surface area contributed by atoms with Gasteiger partial charge in [0.1, 0.15) is 11.0 Å². The van der Waals surface area contributed by atoms with Crippen LogP contribution in [-0.4, -0.2) is 6.29 Å². The zero-order valence-electron chi connectivity index (χ0n) is 8.44. The van der Waals surface area contributed by atoms with Crippen LogP contribution in [0.3, 0.4) is 0 Å². The van der Waals surface area contributed by atoms with Gasteiger partial charge in [0, 0.05) is 13.0 Å². The Bertz CT molecular complexity index is 467. The van der Waals surface area contributed by atoms with E-state index in [9.17, 15) is 4.79 Å². The molecule has 4 heteroatoms. The zero-order chi connectivity index (χ0) is 9.97. The van der Waals surface area contributed by atoms with Crippen molar-refractivity contribution in [3.8, 4) is 0 Å². The lowest BCUT2D eigenvalue weighted by Crippen LogP contribution is -3.00. The highest BCUT2D eigenvalue weighted by atomic mass is 79.9. The number of benzene rings is 1. The summed E-state index contributed by atoms with van der Waals surface area (Å²) in [5.74, 6) is 0. The highest BCUT2D eigenvalue weighted by molar-refractivity contribution is 7.18. The van der Waals surface area contributed by atoms with Crippen LogP contribution in [0.4, 0.5) is 0 Å². The van der Waals surface area contributed by atoms with E-state index in [-0.39, 0.29) is 17.0 Å². The number of aromatic nitrogens is 1. The van der Waals surface area contributed by atoms with Gasteiger partial charge in [-0.3, -0.25) is 0 Å². The van der Waals surface area contributed by atoms with Crippen molar-refractivity contribution in [3.63, 3.8) is 0 Å². The molecule has 0 aliphatic rings. The molecule has 80 valence electrons. The van der Waals surface area contributed by atoms with Crippen LogP contribution in [0.15, 0.2) is 24.3 Å². The fourth-order valence-corrected chi connectivity index (χ4v) is 2.66. The van der Waals surface area contributed by atoms with Gasteiger partial charge in [0.15, 0.2) is 6.54 Å². The second kappa shape index (κ2) is 5.37. The second-order valence-corrected chi connectivity index (χ2v) is 4.43. The Kier molecular flexibility index (Phi) is 4.42. The summed E-state index contributed by atoms with van der Waals surface area (Å²) in [7, 11) is 0. The monoisotopic (exact) mass is 285 g/mol. The SMILES string of the molecule is Cc1sc2ccccc2[n+]1CCC=O.[Br-]. The van der Waals surface area contributed by atoms with Crippen LogP contribution >= 0.6 is 11.3 Å². The average molecular weight is 286 g/mol. The number of thiazole rings is 1. The van der Waals surface area contributed by atoms with Crippen LogP contribution in [0.5, 0.6) is 0 Å². The average Bonchev–Trinajstić information content (AvgIpc) is 2.51. The minimum absolute atomic E-state index is 0. The van der Waals surface area contributed by atoms with Gasteiger partial charge in [-0.05, 0) is 6.07 Å². The van der Waals surface area contributed by atoms with E-state index in [0.717, 1.165) is 12.8 Å². The molecule has 2 rings (SSSR count). The molecular formula is C11H12BrNOS. The highest BCUT2D eigenvalue weighted by Crippen LogP contribution is 2.19. The quantitative estimate of drug-likeness (QED) is 0.529. The predicted octanol–water partition coefficient (Wildman–Crippen LogP) is -0.910. The summed E-state index contributed by atoms with van der Waals surface area (Å²) in [5, 5.41) is 1.26. The first-order chi connectivity index (χ1) is 6.83. The molecule has 0 bridgehead atoms. The largest absolute Gasteiger partial charge is 1.00 e. The van der Waals surface area contributed by atoms with Crippen molar-refractivity contribution in [2.24, 2.45) is 0 Å². The number of nitrogens with zero attached hydrogens (tertiary/aromatic N) is 1. The van der Waals surface area contributed by atoms with Gasteiger partial charge < -0.3 is 21.8 Å². The van der Waals surface area contributed by atoms with Crippen LogP contribution in [0.1, 0.15) is 11.4 Å². The van der Waals surface area contributed by atoms with Crippen LogP contribution in [0.2, 0.25) is 0 Å². The van der Waals surface area contributed by atoms with Crippen molar-refractivity contribution < 1.29 is 26.3 Å². The molecule has 0 radical (unpaired) electrons. The lowest BCUT2D eigenvalue weighted by Gasteiger charge is -1.91. The first kappa shape index (κ1) is 12.3. The molecule has 0 fully saturated rings. The van der Waals surface area contributed by atoms with Gasteiger partial charge in [-0.1, -0.05) is 23.5 Å². The Morgan fingerprint density at radius 1 is 1.40 bits per heavy atom. The molecule has 0 aliphatic heterocycles. The van der Waals surface area contributed by atoms with Crippen molar-refractivity contribution in [1.29, 1.82) is 0 Å². The van der Waals surface area contributed by atoms with Gasteiger partial charge in [0.2, 0.25) is 10.5 Å². The van der Waals surface area contributed by atoms with E-state index in [0.29, 0.717) is 6.42 Å². The molecule has 15 heavy (non-hydrogen) atoms. The van der Waals surface area contributed by atoms with E-state index in [2.05, 4.69) is 23.6 Å². The number of hydrogen-bond acceptors (Lipinski definition) is 2. The Hall–Kier alpha value is -0.740. The van der Waals surface area contributed by atoms with Crippen molar-refractivity contribution in [1.82, 2.24) is 0 Å². The maximum absolute atomic E-state index is 10.3. The summed E-state index contributed by atoms with van der Waals surface area (Å²) in [6.07, 6.45) is 1.56. The van der Waals surface area contributed by atoms with Crippen LogP contribution in [0, 0.1) is 6.92 Å². The third-order valence-corrected chi connectivity index (χ3v) is 3.35. The molecular weight excluding hydrogens is 274 g/mol. The predicted molar refractivity (Wildman–Crippen MR) is 57.4 cm³/mol. The number of para-hydroxylation sites is 1. The van der Waals surface area contributed by atoms with Crippen LogP contribution < -0.4 is 21.5 Å². The van der Waals surface area contributed by atoms with E-state index in [4.69, 9.17) is 0 Å². The number of hydrogen-bond donors (Lipinski definition) is 0. The number of carbonyl (C=O) groups excluding carboxylic acids is 1. The van der Waals surface area contributed by atoms with Crippen molar-refractivity contribution in [2.75, 3.05) is 0 Å². The number of rotatable bonds is 3. The number of halogens is 1. The van der Waals surface area contributed by atoms with Gasteiger partial charge in [0.05, 0.1) is 6.42 Å². The molecule has 0 saturated carbocycles. The van der Waals surface area contributed by atoms with Crippen molar-refractivity contribution >= 4 is 27.8 Å². The fourth-order valence-electron chi connectivity index (χ4n) is 1.61. The molecule has 0 saturated heterocycles. The molecule has 1 aromatic carbocycles. The Labute approximate surface area is 103 Å². The lowest BCUT2D eigenvalue weighted by molar-refractivity contribution is -0.671. The third-order valence-electron chi connectivity index (χ3n) is 2.26. The fraction of sp³-hybridized carbons (Fsp3) is 0.273. The molecule has 0 N–H and O–H groups in total. The van der Waals surface area contributed by atoms with Gasteiger partial charge in [0.25, 0.3) is 0 Å². The molecule has 1 aromatic heterocycles. The molecule has 0 atom stereocenters. The standard InChI is InChI=1S/C11H12NOS.BrH/c1-9-12(7-4-8-13)10-5-2-3-6-11(10)14-9;/h2-3,5-6,8H,4,7H2,1H3;1H/q+1;/p-1. The first-order valence-electron chi connectivity index (χ1n) is 4.64. The summed E-state index contributed by atoms with van der Waals surface area (Å²) in [6.45, 7) is 2.88. The number of aldehydes is 1. The molecule has 0 aliphatic carbocycles. The minimum atomic E-state index is 0. The smallest absolute Gasteiger partial charge is 0.235 e. The van der Waals surface area contributed by atoms with E-state index in [1.165, 1.54) is 15.2 Å². The highest BCUT2D eigenvalue weighted by Gasteiger charge is 2.15. The van der Waals surface area contributed by atoms with Gasteiger partial charge in [-0.15, -0.1) is 0 Å². The molecule has 2 aromatic rings. The van der Waals surface area contributed by atoms with Crippen LogP contribution in [0.25, 0.3) is 10.2 Å². The Morgan fingerprint density at radius 2 is 2.13 bits per heavy atom. The van der Waals surface area contributed by atoms with E-state index in [1.807, 2.05) is 12.1 Å². The van der Waals surface area contributed by atoms with E-state index in [1.54, 1.807) is 11.3 Å². The number of carbonyl (C=O) groups is 1. The first-order valence-corrected chi connectivity index (χ1v) is 5.46. The Balaban J connectivity index is 0.00000112. The van der Waals surface area contributed by atoms with Crippen LogP contribution in [-0.2, 0) is 11.3 Å². The summed E-state index contributed by atoms with van der Waals surface area (Å²) < 4.78 is 3.49. The molecule has 2 nitrogen and oxygen atoms in total. The molecule has 0 spiro atoms. The molecule has 0 unspecified atom stereocenters. The summed E-state index contributed by atoms with van der Waals surface area (Å²) in [5.41, 5.74) is 1.23. The van der Waals surface area contributed by atoms with E-state index < -0.39 is 0 Å². The lowest BCUT2D eigenvalue weighted by atomic mass is 10.3. The van der Waals surface area contributed by atoms with Gasteiger partial charge in [-0.25, -0.2) is 0 Å². The van der Waals surface area contributed by atoms with E-state index >= 15 is 0 Å². The third kappa shape index (κ3) is 2.44. The summed E-state index contributed by atoms with van der Waals surface area (Å²) in [4.78, 5) is 10.3. The topological polar surface area (TPSA) is 20.9 Å². The maximum Gasteiger partial charge on any atom is 0.235 e. The van der Waals surface area contributed by atoms with Gasteiger partial charge >= 0.3 is 0 Å². The normalized spacial score (nSPS) is 9.93. The maximum atomic E-state index is 10.3. The summed E-state index contributed by atoms with van der Waals surface area (Å²) in [6, 6.07) is 8.29. The van der Waals surface area contributed by atoms with Crippen molar-refractivity contribution in [3.05, 3.63) is 29.3 Å². The second-order valence-electron chi connectivity index (χ2n) is 3.20. The van der Waals surface area contributed by atoms with Crippen molar-refractivity contribution in [2.45, 2.75) is 19.9 Å². The molecule has 0 amide bonds. The molecule has 1 heterocycles. The number of aryl methyl sites for hydroxylation is 2. The number of fused-ring (bicyclic) bond motifs is 1. The summed E-state index contributed by atoms with van der Waals surface area (Å²) >= 11 is 1.78. The van der Waals surface area contributed by atoms with Gasteiger partial charge in [-0.2, -0.15) is 4.57 Å². The minimum Gasteiger partial charge on any atom is -1.00 e.